The molecule has 33 heavy (non-hydrogen) atoms. The summed E-state index contributed by atoms with van der Waals surface area (Å²) >= 11 is 0. The fourth-order valence-corrected chi connectivity index (χ4v) is 5.04. The smallest absolute Gasteiger partial charge is 0.407 e. The number of piperidine rings is 1. The van der Waals surface area contributed by atoms with Gasteiger partial charge in [-0.05, 0) is 55.9 Å². The molecule has 0 spiro atoms. The van der Waals surface area contributed by atoms with Gasteiger partial charge in [0.05, 0.1) is 17.3 Å². The predicted molar refractivity (Wildman–Crippen MR) is 122 cm³/mol. The Labute approximate surface area is 190 Å². The van der Waals surface area contributed by atoms with Crippen LogP contribution in [0.15, 0.2) is 42.5 Å². The molecule has 1 aliphatic carbocycles. The number of hydrogen-bond donors (Lipinski definition) is 2. The summed E-state index contributed by atoms with van der Waals surface area (Å²) in [5, 5.41) is 11.0. The van der Waals surface area contributed by atoms with E-state index in [1.165, 1.54) is 4.90 Å². The van der Waals surface area contributed by atoms with Gasteiger partial charge < -0.3 is 14.6 Å². The monoisotopic (exact) mass is 447 g/mol. The third-order valence-corrected chi connectivity index (χ3v) is 6.81. The van der Waals surface area contributed by atoms with Crippen molar-refractivity contribution in [3.05, 3.63) is 48.2 Å². The number of carboxylic acid groups (broad SMARTS) is 1. The summed E-state index contributed by atoms with van der Waals surface area (Å²) in [6.45, 7) is 0.652. The summed E-state index contributed by atoms with van der Waals surface area (Å²) in [4.78, 5) is 26.6. The Hall–Kier alpha value is -3.68. The van der Waals surface area contributed by atoms with Crippen molar-refractivity contribution >= 4 is 22.9 Å². The summed E-state index contributed by atoms with van der Waals surface area (Å²) < 4.78 is 13.0. The van der Waals surface area contributed by atoms with Crippen LogP contribution in [0.4, 0.5) is 4.79 Å². The van der Waals surface area contributed by atoms with Crippen LogP contribution in [-0.4, -0.2) is 40.0 Å². The number of aromatic nitrogens is 1. The van der Waals surface area contributed by atoms with E-state index in [0.717, 1.165) is 53.4 Å². The Morgan fingerprint density at radius 2 is 1.82 bits per heavy atom. The molecule has 1 saturated carbocycles. The molecule has 6 rings (SSSR count). The molecule has 0 bridgehead atoms. The van der Waals surface area contributed by atoms with Gasteiger partial charge >= 0.3 is 6.09 Å². The highest BCUT2D eigenvalue weighted by molar-refractivity contribution is 6.01. The number of para-hydroxylation sites is 1. The summed E-state index contributed by atoms with van der Waals surface area (Å²) in [5.74, 6) is 1.36. The molecule has 0 radical (unpaired) electrons. The lowest BCUT2D eigenvalue weighted by Gasteiger charge is -2.35. The Bertz CT molecular complexity index is 1260. The van der Waals surface area contributed by atoms with Crippen molar-refractivity contribution in [2.45, 2.75) is 38.1 Å². The summed E-state index contributed by atoms with van der Waals surface area (Å²) in [5.41, 5.74) is 6.58. The van der Waals surface area contributed by atoms with E-state index in [9.17, 15) is 14.7 Å². The number of hydrogen-bond acceptors (Lipinski definition) is 4. The molecule has 8 nitrogen and oxygen atoms in total. The molecule has 2 amide bonds. The Morgan fingerprint density at radius 3 is 2.64 bits per heavy atom. The number of ether oxygens (including phenoxy) is 2. The average Bonchev–Trinajstić information content (AvgIpc) is 3.50. The van der Waals surface area contributed by atoms with Crippen LogP contribution in [0.1, 0.15) is 43.8 Å². The van der Waals surface area contributed by atoms with E-state index < -0.39 is 6.09 Å². The van der Waals surface area contributed by atoms with Crippen molar-refractivity contribution in [2.24, 2.45) is 5.92 Å². The van der Waals surface area contributed by atoms with Crippen LogP contribution < -0.4 is 14.9 Å². The molecule has 1 saturated heterocycles. The highest BCUT2D eigenvalue weighted by Crippen LogP contribution is 2.45. The molecule has 3 heterocycles. The number of nitrogens with one attached hydrogen (secondary N) is 1. The molecule has 3 aromatic rings. The van der Waals surface area contributed by atoms with Crippen molar-refractivity contribution in [2.75, 3.05) is 18.8 Å². The van der Waals surface area contributed by atoms with Crippen molar-refractivity contribution < 1.29 is 24.2 Å². The fourth-order valence-electron chi connectivity index (χ4n) is 5.04. The maximum absolute atomic E-state index is 12.9. The second kappa shape index (κ2) is 7.72. The first-order valence-corrected chi connectivity index (χ1v) is 11.5. The van der Waals surface area contributed by atoms with E-state index in [-0.39, 0.29) is 24.7 Å². The Kier molecular flexibility index (Phi) is 4.67. The quantitative estimate of drug-likeness (QED) is 0.604. The van der Waals surface area contributed by atoms with Gasteiger partial charge in [-0.2, -0.15) is 0 Å². The number of benzene rings is 2. The van der Waals surface area contributed by atoms with Crippen LogP contribution in [-0.2, 0) is 4.79 Å². The molecule has 2 N–H and O–H groups in total. The van der Waals surface area contributed by atoms with E-state index >= 15 is 0 Å². The molecule has 2 aliphatic heterocycles. The lowest BCUT2D eigenvalue weighted by Crippen LogP contribution is -2.40. The third-order valence-electron chi connectivity index (χ3n) is 6.81. The molecule has 8 heteroatoms. The number of fused-ring (bicyclic) bond motifs is 2. The van der Waals surface area contributed by atoms with Crippen LogP contribution >= 0.6 is 0 Å². The lowest BCUT2D eigenvalue weighted by atomic mass is 9.93. The van der Waals surface area contributed by atoms with Crippen LogP contribution in [0.25, 0.3) is 22.0 Å². The van der Waals surface area contributed by atoms with E-state index in [2.05, 4.69) is 5.43 Å². The second-order valence-electron chi connectivity index (χ2n) is 8.92. The first kappa shape index (κ1) is 20.0. The van der Waals surface area contributed by atoms with Crippen LogP contribution in [0, 0.1) is 5.92 Å². The van der Waals surface area contributed by atoms with Crippen LogP contribution in [0.3, 0.4) is 0 Å². The maximum atomic E-state index is 12.9. The molecule has 1 atom stereocenters. The number of carbonyl (C=O) groups excluding carboxylic acids is 1. The minimum atomic E-state index is -0.943. The van der Waals surface area contributed by atoms with E-state index in [0.29, 0.717) is 24.5 Å². The Balaban J connectivity index is 1.60. The van der Waals surface area contributed by atoms with Gasteiger partial charge in [-0.3, -0.25) is 19.8 Å². The van der Waals surface area contributed by atoms with Crippen LogP contribution in [0.2, 0.25) is 0 Å². The zero-order chi connectivity index (χ0) is 22.5. The largest absolute Gasteiger partial charge is 0.465 e. The highest BCUT2D eigenvalue weighted by atomic mass is 16.7. The molecule has 170 valence electrons. The second-order valence-corrected chi connectivity index (χ2v) is 8.92. The van der Waals surface area contributed by atoms with Crippen molar-refractivity contribution in [1.82, 2.24) is 9.58 Å². The van der Waals surface area contributed by atoms with Crippen molar-refractivity contribution in [1.29, 1.82) is 0 Å². The molecule has 1 aromatic heterocycles. The number of likely N-dealkylation sites (tertiary alicyclic amines) is 1. The zero-order valence-electron chi connectivity index (χ0n) is 18.1. The SMILES string of the molecule is O=C(Nn1c(C2CCCCN2C(=O)O)c(-c2ccc3c(c2)OCO3)c2ccccc21)C1CC1. The molecule has 2 fully saturated rings. The van der Waals surface area contributed by atoms with E-state index in [1.54, 1.807) is 0 Å². The van der Waals surface area contributed by atoms with Crippen molar-refractivity contribution in [3.8, 4) is 22.6 Å². The first-order chi connectivity index (χ1) is 16.1. The topological polar surface area (TPSA) is 93.0 Å². The zero-order valence-corrected chi connectivity index (χ0v) is 18.1. The van der Waals surface area contributed by atoms with Crippen LogP contribution in [0.5, 0.6) is 11.5 Å². The standard InChI is InChI=1S/C25H25N3O5/c29-24(15-8-9-15)26-28-18-6-2-1-5-17(18)22(16-10-11-20-21(13-16)33-14-32-20)23(28)19-7-3-4-12-27(19)25(30)31/h1-2,5-6,10-11,13,15,19H,3-4,7-9,12,14H2,(H,26,29)(H,30,31). The molecular weight excluding hydrogens is 422 g/mol. The predicted octanol–water partition coefficient (Wildman–Crippen LogP) is 4.72. The van der Waals surface area contributed by atoms with E-state index in [1.807, 2.05) is 47.1 Å². The fraction of sp³-hybridized carbons (Fsp3) is 0.360. The maximum Gasteiger partial charge on any atom is 0.407 e. The first-order valence-electron chi connectivity index (χ1n) is 11.5. The minimum absolute atomic E-state index is 0.0214. The van der Waals surface area contributed by atoms with Gasteiger partial charge in [-0.25, -0.2) is 4.79 Å². The van der Waals surface area contributed by atoms with Gasteiger partial charge in [0.25, 0.3) is 0 Å². The highest BCUT2D eigenvalue weighted by Gasteiger charge is 2.36. The van der Waals surface area contributed by atoms with E-state index in [4.69, 9.17) is 9.47 Å². The number of rotatable bonds is 4. The third kappa shape index (κ3) is 3.37. The molecule has 1 unspecified atom stereocenters. The molecule has 2 aromatic carbocycles. The summed E-state index contributed by atoms with van der Waals surface area (Å²) in [6, 6.07) is 13.3. The lowest BCUT2D eigenvalue weighted by molar-refractivity contribution is -0.118. The minimum Gasteiger partial charge on any atom is -0.465 e. The average molecular weight is 447 g/mol. The van der Waals surface area contributed by atoms with Gasteiger partial charge in [-0.15, -0.1) is 0 Å². The van der Waals surface area contributed by atoms with Gasteiger partial charge in [-0.1, -0.05) is 24.3 Å². The van der Waals surface area contributed by atoms with Gasteiger partial charge in [0, 0.05) is 23.4 Å². The number of amides is 2. The van der Waals surface area contributed by atoms with Gasteiger partial charge in [0.1, 0.15) is 0 Å². The van der Waals surface area contributed by atoms with Gasteiger partial charge in [0.2, 0.25) is 12.7 Å². The summed E-state index contributed by atoms with van der Waals surface area (Å²) in [6.07, 6.45) is 3.28. The van der Waals surface area contributed by atoms with Gasteiger partial charge in [0.15, 0.2) is 11.5 Å². The number of carbonyl (C=O) groups is 2. The molecular formula is C25H25N3O5. The Morgan fingerprint density at radius 1 is 1.00 bits per heavy atom. The normalized spacial score (nSPS) is 19.6. The number of nitrogens with zero attached hydrogens (tertiary/aromatic N) is 2. The molecule has 3 aliphatic rings. The summed E-state index contributed by atoms with van der Waals surface area (Å²) in [7, 11) is 0. The van der Waals surface area contributed by atoms with Crippen molar-refractivity contribution in [3.63, 3.8) is 0 Å².